The lowest BCUT2D eigenvalue weighted by Gasteiger charge is -2.36. The summed E-state index contributed by atoms with van der Waals surface area (Å²) in [7, 11) is 0. The highest BCUT2D eigenvalue weighted by Gasteiger charge is 2.31. The van der Waals surface area contributed by atoms with E-state index in [-0.39, 0.29) is 12.7 Å². The molecule has 1 aliphatic rings. The first-order chi connectivity index (χ1) is 7.00. The van der Waals surface area contributed by atoms with Crippen LogP contribution in [0.2, 0.25) is 0 Å². The third kappa shape index (κ3) is 3.82. The van der Waals surface area contributed by atoms with Gasteiger partial charge in [-0.3, -0.25) is 0 Å². The number of carboxylic acids is 1. The number of ether oxygens (including phenoxy) is 1. The third-order valence-electron chi connectivity index (χ3n) is 3.38. The Morgan fingerprint density at radius 3 is 2.67 bits per heavy atom. The van der Waals surface area contributed by atoms with E-state index in [1.807, 2.05) is 0 Å². The molecule has 0 saturated heterocycles. The van der Waals surface area contributed by atoms with Gasteiger partial charge in [0.05, 0.1) is 6.10 Å². The summed E-state index contributed by atoms with van der Waals surface area (Å²) in [5.74, 6) is 0.909. The normalized spacial score (nSPS) is 31.9. The second-order valence-electron chi connectivity index (χ2n) is 5.07. The first-order valence-corrected chi connectivity index (χ1v) is 5.84. The lowest BCUT2D eigenvalue weighted by Crippen LogP contribution is -2.35. The molecule has 0 radical (unpaired) electrons. The molecule has 1 rings (SSSR count). The smallest absolute Gasteiger partial charge is 0.329 e. The fourth-order valence-electron chi connectivity index (χ4n) is 2.48. The molecule has 1 N–H and O–H groups in total. The third-order valence-corrected chi connectivity index (χ3v) is 3.38. The molecule has 0 amide bonds. The molecule has 0 aromatic heterocycles. The molecule has 88 valence electrons. The van der Waals surface area contributed by atoms with Crippen LogP contribution in [0, 0.1) is 17.8 Å². The van der Waals surface area contributed by atoms with Crippen molar-refractivity contribution in [3.05, 3.63) is 0 Å². The van der Waals surface area contributed by atoms with Gasteiger partial charge in [-0.15, -0.1) is 0 Å². The van der Waals surface area contributed by atoms with Gasteiger partial charge in [-0.1, -0.05) is 27.2 Å². The maximum atomic E-state index is 10.5. The zero-order valence-electron chi connectivity index (χ0n) is 9.90. The Bertz CT molecular complexity index is 213. The zero-order chi connectivity index (χ0) is 11.4. The minimum absolute atomic E-state index is 0.143. The molecule has 0 aromatic rings. The van der Waals surface area contributed by atoms with Crippen molar-refractivity contribution in [2.24, 2.45) is 17.8 Å². The van der Waals surface area contributed by atoms with Crippen molar-refractivity contribution in [1.82, 2.24) is 0 Å². The standard InChI is InChI=1S/C12H22O3/c1-8(2)10-5-4-9(3)6-11(10)15-7-12(13)14/h8-11H,4-7H2,1-3H3,(H,13,14)/t9-,10+,11-/m1/s1. The predicted octanol–water partition coefficient (Wildman–Crippen LogP) is 2.55. The van der Waals surface area contributed by atoms with Crippen LogP contribution in [0.3, 0.4) is 0 Å². The Morgan fingerprint density at radius 1 is 1.47 bits per heavy atom. The first kappa shape index (κ1) is 12.5. The molecular weight excluding hydrogens is 192 g/mol. The minimum Gasteiger partial charge on any atom is -0.480 e. The summed E-state index contributed by atoms with van der Waals surface area (Å²) in [6.45, 7) is 6.45. The Balaban J connectivity index is 2.50. The van der Waals surface area contributed by atoms with Crippen LogP contribution in [0.15, 0.2) is 0 Å². The van der Waals surface area contributed by atoms with E-state index in [2.05, 4.69) is 20.8 Å². The number of carbonyl (C=O) groups is 1. The van der Waals surface area contributed by atoms with Crippen LogP contribution in [0.25, 0.3) is 0 Å². The highest BCUT2D eigenvalue weighted by Crippen LogP contribution is 2.35. The van der Waals surface area contributed by atoms with Crippen molar-refractivity contribution in [3.8, 4) is 0 Å². The molecule has 0 aromatic carbocycles. The van der Waals surface area contributed by atoms with E-state index >= 15 is 0 Å². The molecule has 0 aliphatic heterocycles. The Labute approximate surface area is 91.8 Å². The quantitative estimate of drug-likeness (QED) is 0.782. The fraction of sp³-hybridized carbons (Fsp3) is 0.917. The first-order valence-electron chi connectivity index (χ1n) is 5.84. The van der Waals surface area contributed by atoms with Crippen molar-refractivity contribution < 1.29 is 14.6 Å². The summed E-state index contributed by atoms with van der Waals surface area (Å²) in [4.78, 5) is 10.5. The Kier molecular flexibility index (Phi) is 4.58. The van der Waals surface area contributed by atoms with Crippen molar-refractivity contribution in [1.29, 1.82) is 0 Å². The maximum absolute atomic E-state index is 10.5. The second kappa shape index (κ2) is 5.50. The van der Waals surface area contributed by atoms with Gasteiger partial charge in [0.25, 0.3) is 0 Å². The van der Waals surface area contributed by atoms with Crippen LogP contribution in [0.1, 0.15) is 40.0 Å². The van der Waals surface area contributed by atoms with Crippen LogP contribution in [-0.2, 0) is 9.53 Å². The molecule has 0 heterocycles. The van der Waals surface area contributed by atoms with Crippen molar-refractivity contribution in [2.75, 3.05) is 6.61 Å². The van der Waals surface area contributed by atoms with E-state index in [0.717, 1.165) is 6.42 Å². The average Bonchev–Trinajstić information content (AvgIpc) is 2.14. The molecule has 3 nitrogen and oxygen atoms in total. The van der Waals surface area contributed by atoms with E-state index in [9.17, 15) is 4.79 Å². The van der Waals surface area contributed by atoms with Gasteiger partial charge in [0.1, 0.15) is 6.61 Å². The summed E-state index contributed by atoms with van der Waals surface area (Å²) in [5.41, 5.74) is 0. The monoisotopic (exact) mass is 214 g/mol. The van der Waals surface area contributed by atoms with E-state index in [1.54, 1.807) is 0 Å². The van der Waals surface area contributed by atoms with Crippen molar-refractivity contribution in [3.63, 3.8) is 0 Å². The molecule has 3 atom stereocenters. The number of carboxylic acid groups (broad SMARTS) is 1. The highest BCUT2D eigenvalue weighted by molar-refractivity contribution is 5.68. The van der Waals surface area contributed by atoms with Gasteiger partial charge in [0.15, 0.2) is 0 Å². The van der Waals surface area contributed by atoms with Gasteiger partial charge in [0, 0.05) is 0 Å². The number of hydrogen-bond donors (Lipinski definition) is 1. The highest BCUT2D eigenvalue weighted by atomic mass is 16.5. The predicted molar refractivity (Wildman–Crippen MR) is 58.7 cm³/mol. The maximum Gasteiger partial charge on any atom is 0.329 e. The number of aliphatic carboxylic acids is 1. The summed E-state index contributed by atoms with van der Waals surface area (Å²) < 4.78 is 5.49. The van der Waals surface area contributed by atoms with Crippen molar-refractivity contribution in [2.45, 2.75) is 46.1 Å². The topological polar surface area (TPSA) is 46.5 Å². The van der Waals surface area contributed by atoms with Gasteiger partial charge < -0.3 is 9.84 Å². The van der Waals surface area contributed by atoms with Crippen LogP contribution >= 0.6 is 0 Å². The lowest BCUT2D eigenvalue weighted by molar-refractivity contribution is -0.147. The van der Waals surface area contributed by atoms with Gasteiger partial charge in [-0.2, -0.15) is 0 Å². The SMILES string of the molecule is CC(C)[C@@H]1CC[C@@H](C)C[C@H]1OCC(=O)O. The molecule has 0 spiro atoms. The number of hydrogen-bond acceptors (Lipinski definition) is 2. The average molecular weight is 214 g/mol. The molecule has 1 fully saturated rings. The van der Waals surface area contributed by atoms with Crippen molar-refractivity contribution >= 4 is 5.97 Å². The minimum atomic E-state index is -0.865. The van der Waals surface area contributed by atoms with Gasteiger partial charge >= 0.3 is 5.97 Å². The lowest BCUT2D eigenvalue weighted by atomic mass is 9.75. The van der Waals surface area contributed by atoms with E-state index in [1.165, 1.54) is 12.8 Å². The molecule has 1 saturated carbocycles. The molecule has 1 aliphatic carbocycles. The summed E-state index contributed by atoms with van der Waals surface area (Å²) in [6, 6.07) is 0. The molecular formula is C12H22O3. The van der Waals surface area contributed by atoms with Gasteiger partial charge in [0.2, 0.25) is 0 Å². The largest absolute Gasteiger partial charge is 0.480 e. The molecule has 0 bridgehead atoms. The fourth-order valence-corrected chi connectivity index (χ4v) is 2.48. The van der Waals surface area contributed by atoms with E-state index in [0.29, 0.717) is 17.8 Å². The molecule has 15 heavy (non-hydrogen) atoms. The number of rotatable bonds is 4. The van der Waals surface area contributed by atoms with Crippen LogP contribution in [-0.4, -0.2) is 23.8 Å². The van der Waals surface area contributed by atoms with Crippen LogP contribution in [0.4, 0.5) is 0 Å². The van der Waals surface area contributed by atoms with E-state index in [4.69, 9.17) is 9.84 Å². The summed E-state index contributed by atoms with van der Waals surface area (Å²) >= 11 is 0. The zero-order valence-corrected chi connectivity index (χ0v) is 9.90. The molecule has 3 heteroatoms. The Hall–Kier alpha value is -0.570. The summed E-state index contributed by atoms with van der Waals surface area (Å²) in [5, 5.41) is 8.61. The molecule has 0 unspecified atom stereocenters. The van der Waals surface area contributed by atoms with E-state index < -0.39 is 5.97 Å². The second-order valence-corrected chi connectivity index (χ2v) is 5.07. The Morgan fingerprint density at radius 2 is 2.13 bits per heavy atom. The van der Waals surface area contributed by atoms with Crippen LogP contribution in [0.5, 0.6) is 0 Å². The summed E-state index contributed by atoms with van der Waals surface area (Å²) in [6.07, 6.45) is 3.57. The van der Waals surface area contributed by atoms with Crippen LogP contribution < -0.4 is 0 Å². The van der Waals surface area contributed by atoms with Gasteiger partial charge in [-0.05, 0) is 30.6 Å². The van der Waals surface area contributed by atoms with Gasteiger partial charge in [-0.25, -0.2) is 4.79 Å².